The number of hydrogen-bond donors (Lipinski definition) is 2. The molecule has 0 unspecified atom stereocenters. The Morgan fingerprint density at radius 1 is 1.24 bits per heavy atom. The Bertz CT molecular complexity index is 1150. The quantitative estimate of drug-likeness (QED) is 0.339. The standard InChI is InChI=1S/C22H27F3N6OS/c1-13(2)14-5-7-15(8-6-14)16-11-18(22(23,24)25)31-19(26-16)12-17(29-31)20-27-28-21(33)30(20)9-4-10-32-3/h5-8,12-13,16,18,26H,4,9-11H2,1-3H3,(H,28,33)/t16-,18+/m0/s1. The van der Waals surface area contributed by atoms with Crippen LogP contribution in [-0.4, -0.2) is 44.4 Å². The van der Waals surface area contributed by atoms with Crippen molar-refractivity contribution in [3.05, 3.63) is 46.2 Å². The fraction of sp³-hybridized carbons (Fsp3) is 0.500. The molecule has 1 aliphatic rings. The van der Waals surface area contributed by atoms with Crippen molar-refractivity contribution in [3.8, 4) is 11.5 Å². The fourth-order valence-electron chi connectivity index (χ4n) is 4.10. The summed E-state index contributed by atoms with van der Waals surface area (Å²) in [7, 11) is 1.61. The molecule has 3 heterocycles. The van der Waals surface area contributed by atoms with E-state index in [0.717, 1.165) is 15.8 Å². The summed E-state index contributed by atoms with van der Waals surface area (Å²) in [4.78, 5) is 0. The molecule has 0 saturated heterocycles. The first kappa shape index (κ1) is 23.5. The predicted octanol–water partition coefficient (Wildman–Crippen LogP) is 5.62. The second-order valence-corrected chi connectivity index (χ2v) is 8.91. The highest BCUT2D eigenvalue weighted by Crippen LogP contribution is 2.44. The minimum Gasteiger partial charge on any atom is -0.385 e. The Balaban J connectivity index is 1.68. The lowest BCUT2D eigenvalue weighted by atomic mass is 9.94. The summed E-state index contributed by atoms with van der Waals surface area (Å²) in [6.07, 6.45) is -3.92. The van der Waals surface area contributed by atoms with Gasteiger partial charge in [-0.25, -0.2) is 4.68 Å². The van der Waals surface area contributed by atoms with Gasteiger partial charge < -0.3 is 10.1 Å². The summed E-state index contributed by atoms with van der Waals surface area (Å²) in [6.45, 7) is 5.21. The van der Waals surface area contributed by atoms with E-state index in [1.807, 2.05) is 24.3 Å². The summed E-state index contributed by atoms with van der Waals surface area (Å²) in [6, 6.07) is 7.10. The minimum atomic E-state index is -4.44. The first-order valence-electron chi connectivity index (χ1n) is 10.9. The van der Waals surface area contributed by atoms with Gasteiger partial charge in [0.25, 0.3) is 0 Å². The molecule has 4 rings (SSSR count). The Kier molecular flexibility index (Phi) is 6.62. The number of halogens is 3. The average Bonchev–Trinajstić information content (AvgIpc) is 3.36. The maximum Gasteiger partial charge on any atom is 0.410 e. The van der Waals surface area contributed by atoms with Crippen LogP contribution >= 0.6 is 12.2 Å². The van der Waals surface area contributed by atoms with E-state index in [9.17, 15) is 13.2 Å². The maximum atomic E-state index is 14.0. The lowest BCUT2D eigenvalue weighted by molar-refractivity contribution is -0.173. The largest absolute Gasteiger partial charge is 0.410 e. The van der Waals surface area contributed by atoms with Gasteiger partial charge >= 0.3 is 6.18 Å². The molecular weight excluding hydrogens is 453 g/mol. The second kappa shape index (κ2) is 9.30. The average molecular weight is 481 g/mol. The molecule has 33 heavy (non-hydrogen) atoms. The van der Waals surface area contributed by atoms with E-state index in [4.69, 9.17) is 17.0 Å². The molecule has 178 valence electrons. The number of anilines is 1. The van der Waals surface area contributed by atoms with E-state index >= 15 is 0 Å². The van der Waals surface area contributed by atoms with Crippen molar-refractivity contribution in [1.29, 1.82) is 0 Å². The Hall–Kier alpha value is -2.66. The number of fused-ring (bicyclic) bond motifs is 1. The summed E-state index contributed by atoms with van der Waals surface area (Å²) in [5, 5.41) is 14.5. The summed E-state index contributed by atoms with van der Waals surface area (Å²) in [5.41, 5.74) is 2.28. The van der Waals surface area contributed by atoms with Crippen molar-refractivity contribution in [1.82, 2.24) is 24.5 Å². The molecule has 0 fully saturated rings. The van der Waals surface area contributed by atoms with Crippen molar-refractivity contribution in [2.45, 2.75) is 57.4 Å². The Morgan fingerprint density at radius 2 is 1.97 bits per heavy atom. The monoisotopic (exact) mass is 480 g/mol. The third kappa shape index (κ3) is 4.84. The van der Waals surface area contributed by atoms with Crippen LogP contribution in [0.5, 0.6) is 0 Å². The SMILES string of the molecule is COCCCn1c(-c2cc3n(n2)[C@@H](C(F)(F)F)C[C@@H](c2ccc(C(C)C)cc2)N3)n[nH]c1=S. The van der Waals surface area contributed by atoms with Crippen LogP contribution in [0.15, 0.2) is 30.3 Å². The van der Waals surface area contributed by atoms with E-state index in [-0.39, 0.29) is 6.42 Å². The van der Waals surface area contributed by atoms with Crippen molar-refractivity contribution >= 4 is 18.0 Å². The zero-order chi connectivity index (χ0) is 23.8. The van der Waals surface area contributed by atoms with E-state index in [1.165, 1.54) is 0 Å². The zero-order valence-electron chi connectivity index (χ0n) is 18.7. The van der Waals surface area contributed by atoms with Crippen molar-refractivity contribution in [3.63, 3.8) is 0 Å². The highest BCUT2D eigenvalue weighted by atomic mass is 32.1. The molecule has 7 nitrogen and oxygen atoms in total. The lowest BCUT2D eigenvalue weighted by Crippen LogP contribution is -2.35. The number of nitrogens with zero attached hydrogens (tertiary/aromatic N) is 4. The molecule has 0 spiro atoms. The predicted molar refractivity (Wildman–Crippen MR) is 122 cm³/mol. The molecule has 0 bridgehead atoms. The topological polar surface area (TPSA) is 72.7 Å². The molecule has 2 atom stereocenters. The lowest BCUT2D eigenvalue weighted by Gasteiger charge is -2.33. The third-order valence-corrected chi connectivity index (χ3v) is 6.22. The summed E-state index contributed by atoms with van der Waals surface area (Å²) >= 11 is 5.30. The number of ether oxygens (including phenoxy) is 1. The molecule has 2 N–H and O–H groups in total. The van der Waals surface area contributed by atoms with Crippen LogP contribution in [0.4, 0.5) is 19.0 Å². The highest BCUT2D eigenvalue weighted by molar-refractivity contribution is 7.71. The second-order valence-electron chi connectivity index (χ2n) is 8.52. The number of H-pyrrole nitrogens is 1. The summed E-state index contributed by atoms with van der Waals surface area (Å²) in [5.74, 6) is 1.05. The minimum absolute atomic E-state index is 0.153. The van der Waals surface area contributed by atoms with Gasteiger partial charge in [-0.2, -0.15) is 23.4 Å². The molecule has 0 saturated carbocycles. The van der Waals surface area contributed by atoms with Gasteiger partial charge in [-0.1, -0.05) is 38.1 Å². The number of aromatic amines is 1. The number of aromatic nitrogens is 5. The highest BCUT2D eigenvalue weighted by Gasteiger charge is 2.46. The zero-order valence-corrected chi connectivity index (χ0v) is 19.5. The third-order valence-electron chi connectivity index (χ3n) is 5.91. The first-order chi connectivity index (χ1) is 15.7. The molecule has 1 aromatic carbocycles. The van der Waals surface area contributed by atoms with Gasteiger partial charge in [0, 0.05) is 32.7 Å². The molecule has 0 aliphatic carbocycles. The van der Waals surface area contributed by atoms with Gasteiger partial charge in [0.15, 0.2) is 16.6 Å². The van der Waals surface area contributed by atoms with Gasteiger partial charge in [-0.3, -0.25) is 9.67 Å². The van der Waals surface area contributed by atoms with Crippen LogP contribution in [0.3, 0.4) is 0 Å². The normalized spacial score (nSPS) is 18.4. The van der Waals surface area contributed by atoms with E-state index in [0.29, 0.717) is 47.6 Å². The molecule has 2 aromatic heterocycles. The van der Waals surface area contributed by atoms with Gasteiger partial charge in [0.2, 0.25) is 0 Å². The van der Waals surface area contributed by atoms with Crippen LogP contribution in [0, 0.1) is 4.77 Å². The van der Waals surface area contributed by atoms with Gasteiger partial charge in [-0.15, -0.1) is 0 Å². The molecule has 0 amide bonds. The number of hydrogen-bond acceptors (Lipinski definition) is 5. The van der Waals surface area contributed by atoms with Crippen molar-refractivity contribution < 1.29 is 17.9 Å². The maximum absolute atomic E-state index is 14.0. The Labute approximate surface area is 195 Å². The van der Waals surface area contributed by atoms with Gasteiger partial charge in [0.1, 0.15) is 11.5 Å². The molecular formula is C22H27F3N6OS. The number of methoxy groups -OCH3 is 1. The Morgan fingerprint density at radius 3 is 2.61 bits per heavy atom. The fourth-order valence-corrected chi connectivity index (χ4v) is 4.33. The van der Waals surface area contributed by atoms with Crippen LogP contribution in [0.2, 0.25) is 0 Å². The number of benzene rings is 1. The van der Waals surface area contributed by atoms with Gasteiger partial charge in [-0.05, 0) is 35.7 Å². The molecule has 0 radical (unpaired) electrons. The number of nitrogens with one attached hydrogen (secondary N) is 2. The smallest absolute Gasteiger partial charge is 0.385 e. The van der Waals surface area contributed by atoms with Crippen molar-refractivity contribution in [2.75, 3.05) is 19.0 Å². The molecule has 3 aromatic rings. The number of rotatable bonds is 7. The van der Waals surface area contributed by atoms with Crippen LogP contribution in [-0.2, 0) is 11.3 Å². The van der Waals surface area contributed by atoms with Crippen LogP contribution in [0.25, 0.3) is 11.5 Å². The summed E-state index contributed by atoms with van der Waals surface area (Å²) < 4.78 is 50.3. The van der Waals surface area contributed by atoms with Crippen molar-refractivity contribution in [2.24, 2.45) is 0 Å². The molecule has 11 heteroatoms. The van der Waals surface area contributed by atoms with Crippen LogP contribution < -0.4 is 5.32 Å². The molecule has 1 aliphatic heterocycles. The van der Waals surface area contributed by atoms with Crippen LogP contribution in [0.1, 0.15) is 55.8 Å². The number of alkyl halides is 3. The van der Waals surface area contributed by atoms with Gasteiger partial charge in [0.05, 0.1) is 6.04 Å². The van der Waals surface area contributed by atoms with E-state index in [1.54, 1.807) is 17.7 Å². The first-order valence-corrected chi connectivity index (χ1v) is 11.3. The van der Waals surface area contributed by atoms with E-state index in [2.05, 4.69) is 34.5 Å². The van der Waals surface area contributed by atoms with E-state index < -0.39 is 18.3 Å².